The Morgan fingerprint density at radius 1 is 1.30 bits per heavy atom. The van der Waals surface area contributed by atoms with E-state index in [1.54, 1.807) is 0 Å². The van der Waals surface area contributed by atoms with E-state index in [9.17, 15) is 8.42 Å². The van der Waals surface area contributed by atoms with Crippen LogP contribution in [0.15, 0.2) is 4.99 Å². The number of nitrogens with zero attached hydrogens (tertiary/aromatic N) is 3. The normalized spacial score (nSPS) is 18.8. The summed E-state index contributed by atoms with van der Waals surface area (Å²) >= 11 is 0. The molecule has 1 heterocycles. The Bertz CT molecular complexity index is 410. The van der Waals surface area contributed by atoms with Crippen LogP contribution < -0.4 is 5.73 Å². The first-order chi connectivity index (χ1) is 9.40. The molecular formula is C13H28N4O2S. The lowest BCUT2D eigenvalue weighted by molar-refractivity contribution is 0.278. The van der Waals surface area contributed by atoms with Gasteiger partial charge < -0.3 is 10.6 Å². The SMILES string of the molecule is CCN(CC)S(=O)(=O)CCN=C(N)N1CCC(C)CC1. The standard InChI is InChI=1S/C13H28N4O2S/c1-4-17(5-2)20(18,19)11-8-15-13(14)16-9-6-12(3)7-10-16/h12H,4-11H2,1-3H3,(H2,14,15). The van der Waals surface area contributed by atoms with Crippen LogP contribution in [0.1, 0.15) is 33.6 Å². The minimum Gasteiger partial charge on any atom is -0.370 e. The highest BCUT2D eigenvalue weighted by molar-refractivity contribution is 7.89. The molecule has 1 fully saturated rings. The maximum atomic E-state index is 12.0. The largest absolute Gasteiger partial charge is 0.370 e. The Morgan fingerprint density at radius 3 is 2.35 bits per heavy atom. The average molecular weight is 304 g/mol. The molecule has 0 radical (unpaired) electrons. The molecule has 1 aliphatic rings. The maximum absolute atomic E-state index is 12.0. The monoisotopic (exact) mass is 304 g/mol. The summed E-state index contributed by atoms with van der Waals surface area (Å²) in [6.45, 7) is 8.99. The van der Waals surface area contributed by atoms with Crippen molar-refractivity contribution in [3.05, 3.63) is 0 Å². The molecule has 0 bridgehead atoms. The molecule has 0 unspecified atom stereocenters. The fourth-order valence-electron chi connectivity index (χ4n) is 2.36. The Hall–Kier alpha value is -0.820. The molecule has 0 aliphatic carbocycles. The molecule has 7 heteroatoms. The van der Waals surface area contributed by atoms with Gasteiger partial charge in [0.25, 0.3) is 0 Å². The number of sulfonamides is 1. The second-order valence-corrected chi connectivity index (χ2v) is 7.40. The fourth-order valence-corrected chi connectivity index (χ4v) is 3.73. The van der Waals surface area contributed by atoms with E-state index in [1.165, 1.54) is 4.31 Å². The van der Waals surface area contributed by atoms with Crippen LogP contribution >= 0.6 is 0 Å². The van der Waals surface area contributed by atoms with Crippen LogP contribution in [0, 0.1) is 5.92 Å². The summed E-state index contributed by atoms with van der Waals surface area (Å²) in [5, 5.41) is 0. The summed E-state index contributed by atoms with van der Waals surface area (Å²) in [5.74, 6) is 1.24. The van der Waals surface area contributed by atoms with Gasteiger partial charge in [-0.15, -0.1) is 0 Å². The van der Waals surface area contributed by atoms with Gasteiger partial charge in [0.2, 0.25) is 10.0 Å². The predicted octanol–water partition coefficient (Wildman–Crippen LogP) is 0.705. The number of hydrogen-bond donors (Lipinski definition) is 1. The minimum absolute atomic E-state index is 0.0274. The Labute approximate surface area is 123 Å². The zero-order chi connectivity index (χ0) is 15.2. The van der Waals surface area contributed by atoms with E-state index < -0.39 is 10.0 Å². The summed E-state index contributed by atoms with van der Waals surface area (Å²) < 4.78 is 25.5. The lowest BCUT2D eigenvalue weighted by atomic mass is 10.00. The molecule has 0 aromatic heterocycles. The molecular weight excluding hydrogens is 276 g/mol. The molecule has 0 saturated carbocycles. The van der Waals surface area contributed by atoms with Crippen LogP contribution in [0.4, 0.5) is 0 Å². The van der Waals surface area contributed by atoms with E-state index in [4.69, 9.17) is 5.73 Å². The Morgan fingerprint density at radius 2 is 1.85 bits per heavy atom. The number of piperidine rings is 1. The first kappa shape index (κ1) is 17.2. The summed E-state index contributed by atoms with van der Waals surface area (Å²) in [4.78, 5) is 6.27. The number of guanidine groups is 1. The van der Waals surface area contributed by atoms with Gasteiger partial charge in [0.05, 0.1) is 12.3 Å². The number of aliphatic imine (C=N–C) groups is 1. The molecule has 20 heavy (non-hydrogen) atoms. The molecule has 1 aliphatic heterocycles. The third-order valence-electron chi connectivity index (χ3n) is 3.83. The molecule has 0 aromatic carbocycles. The number of rotatable bonds is 6. The van der Waals surface area contributed by atoms with Crippen molar-refractivity contribution >= 4 is 16.0 Å². The van der Waals surface area contributed by atoms with E-state index in [0.717, 1.165) is 31.8 Å². The summed E-state index contributed by atoms with van der Waals surface area (Å²) in [7, 11) is -3.21. The minimum atomic E-state index is -3.21. The van der Waals surface area contributed by atoms with E-state index in [1.807, 2.05) is 18.7 Å². The van der Waals surface area contributed by atoms with Crippen molar-refractivity contribution in [1.82, 2.24) is 9.21 Å². The molecule has 1 rings (SSSR count). The smallest absolute Gasteiger partial charge is 0.215 e. The van der Waals surface area contributed by atoms with Crippen molar-refractivity contribution in [2.45, 2.75) is 33.6 Å². The van der Waals surface area contributed by atoms with Gasteiger partial charge >= 0.3 is 0 Å². The molecule has 118 valence electrons. The predicted molar refractivity (Wildman–Crippen MR) is 83.2 cm³/mol. The second-order valence-electron chi connectivity index (χ2n) is 5.31. The first-order valence-corrected chi connectivity index (χ1v) is 9.04. The number of likely N-dealkylation sites (tertiary alicyclic amines) is 1. The van der Waals surface area contributed by atoms with Gasteiger partial charge in [-0.05, 0) is 18.8 Å². The van der Waals surface area contributed by atoms with Crippen LogP contribution in [0.3, 0.4) is 0 Å². The molecule has 0 aromatic rings. The van der Waals surface area contributed by atoms with Crippen molar-refractivity contribution in [2.24, 2.45) is 16.6 Å². The molecule has 2 N–H and O–H groups in total. The molecule has 6 nitrogen and oxygen atoms in total. The topological polar surface area (TPSA) is 79.0 Å². The Kier molecular flexibility index (Phi) is 6.75. The molecule has 1 saturated heterocycles. The van der Waals surface area contributed by atoms with Gasteiger partial charge in [-0.2, -0.15) is 0 Å². The second kappa shape index (κ2) is 7.83. The van der Waals surface area contributed by atoms with E-state index in [2.05, 4.69) is 11.9 Å². The van der Waals surface area contributed by atoms with E-state index in [0.29, 0.717) is 19.0 Å². The molecule has 0 spiro atoms. The highest BCUT2D eigenvalue weighted by atomic mass is 32.2. The average Bonchev–Trinajstić information content (AvgIpc) is 2.40. The van der Waals surface area contributed by atoms with E-state index >= 15 is 0 Å². The van der Waals surface area contributed by atoms with Crippen LogP contribution in [0.2, 0.25) is 0 Å². The zero-order valence-corrected chi connectivity index (χ0v) is 13.7. The summed E-state index contributed by atoms with van der Waals surface area (Å²) in [5.41, 5.74) is 5.93. The highest BCUT2D eigenvalue weighted by Gasteiger charge is 2.19. The third-order valence-corrected chi connectivity index (χ3v) is 5.83. The quantitative estimate of drug-likeness (QED) is 0.579. The van der Waals surface area contributed by atoms with Gasteiger partial charge in [0.15, 0.2) is 5.96 Å². The van der Waals surface area contributed by atoms with Crippen LogP contribution in [-0.2, 0) is 10.0 Å². The number of nitrogens with two attached hydrogens (primary N) is 1. The maximum Gasteiger partial charge on any atom is 0.215 e. The van der Waals surface area contributed by atoms with Crippen LogP contribution in [0.5, 0.6) is 0 Å². The van der Waals surface area contributed by atoms with Crippen molar-refractivity contribution in [1.29, 1.82) is 0 Å². The van der Waals surface area contributed by atoms with E-state index in [-0.39, 0.29) is 12.3 Å². The summed E-state index contributed by atoms with van der Waals surface area (Å²) in [6, 6.07) is 0. The van der Waals surface area contributed by atoms with Gasteiger partial charge in [0, 0.05) is 26.2 Å². The lowest BCUT2D eigenvalue weighted by Crippen LogP contribution is -2.43. The van der Waals surface area contributed by atoms with Crippen molar-refractivity contribution in [2.75, 3.05) is 38.5 Å². The summed E-state index contributed by atoms with van der Waals surface area (Å²) in [6.07, 6.45) is 2.24. The van der Waals surface area contributed by atoms with Crippen molar-refractivity contribution in [3.8, 4) is 0 Å². The zero-order valence-electron chi connectivity index (χ0n) is 12.9. The highest BCUT2D eigenvalue weighted by Crippen LogP contribution is 2.15. The van der Waals surface area contributed by atoms with Gasteiger partial charge in [-0.25, -0.2) is 12.7 Å². The van der Waals surface area contributed by atoms with Crippen LogP contribution in [-0.4, -0.2) is 62.1 Å². The van der Waals surface area contributed by atoms with Crippen molar-refractivity contribution in [3.63, 3.8) is 0 Å². The lowest BCUT2D eigenvalue weighted by Gasteiger charge is -2.31. The van der Waals surface area contributed by atoms with Gasteiger partial charge in [-0.1, -0.05) is 20.8 Å². The van der Waals surface area contributed by atoms with Gasteiger partial charge in [0.1, 0.15) is 0 Å². The molecule has 0 amide bonds. The van der Waals surface area contributed by atoms with Crippen molar-refractivity contribution < 1.29 is 8.42 Å². The number of hydrogen-bond acceptors (Lipinski definition) is 3. The third kappa shape index (κ3) is 4.94. The first-order valence-electron chi connectivity index (χ1n) is 7.43. The fraction of sp³-hybridized carbons (Fsp3) is 0.923. The van der Waals surface area contributed by atoms with Crippen LogP contribution in [0.25, 0.3) is 0 Å². The molecule has 0 atom stereocenters. The van der Waals surface area contributed by atoms with Gasteiger partial charge in [-0.3, -0.25) is 4.99 Å². The Balaban J connectivity index is 2.47.